The number of alkyl halides is 6. The minimum absolute atomic E-state index is 0.00332. The fourth-order valence-electron chi connectivity index (χ4n) is 13.1. The van der Waals surface area contributed by atoms with Crippen LogP contribution in [0.15, 0.2) is 99.7 Å². The zero-order valence-corrected chi connectivity index (χ0v) is 70.5. The third-order valence-electron chi connectivity index (χ3n) is 19.0. The molecule has 2 unspecified atom stereocenters. The van der Waals surface area contributed by atoms with Crippen LogP contribution in [0.25, 0.3) is 0 Å². The van der Waals surface area contributed by atoms with Crippen LogP contribution in [0.2, 0.25) is 0 Å². The number of carbonyl (C=O) groups is 5. The van der Waals surface area contributed by atoms with E-state index in [2.05, 4.69) is 35.7 Å². The van der Waals surface area contributed by atoms with Crippen LogP contribution in [-0.4, -0.2) is 149 Å². The van der Waals surface area contributed by atoms with Gasteiger partial charge in [-0.2, -0.15) is 41.3 Å². The number of fused-ring (bicyclic) bond motifs is 2. The summed E-state index contributed by atoms with van der Waals surface area (Å²) in [5, 5.41) is 9.54. The summed E-state index contributed by atoms with van der Waals surface area (Å²) in [6, 6.07) is 16.9. The van der Waals surface area contributed by atoms with E-state index >= 15 is 26.3 Å². The number of nitrogens with two attached hydrogens (primary N) is 1. The number of benzene rings is 2. The van der Waals surface area contributed by atoms with Crippen LogP contribution in [0.1, 0.15) is 238 Å². The predicted molar refractivity (Wildman–Crippen MR) is 417 cm³/mol. The first-order chi connectivity index (χ1) is 56.7. The largest absolute Gasteiger partial charge is 0.530 e. The van der Waals surface area contributed by atoms with Gasteiger partial charge in [-0.25, -0.2) is 23.5 Å². The number of phosphoric acid groups is 2. The molecule has 32 nitrogen and oxygen atoms in total. The molecular weight excluding hydrogens is 1630 g/mol. The van der Waals surface area contributed by atoms with Crippen molar-refractivity contribution < 1.29 is 130 Å². The number of esters is 5. The van der Waals surface area contributed by atoms with Gasteiger partial charge in [0, 0.05) is 49.0 Å². The van der Waals surface area contributed by atoms with E-state index in [0.29, 0.717) is 44.1 Å². The van der Waals surface area contributed by atoms with Crippen molar-refractivity contribution in [1.82, 2.24) is 28.7 Å². The molecule has 8 heterocycles. The van der Waals surface area contributed by atoms with E-state index in [1.165, 1.54) is 12.1 Å². The highest BCUT2D eigenvalue weighted by atomic mass is 31.2. The van der Waals surface area contributed by atoms with Gasteiger partial charge in [0.05, 0.1) is 57.3 Å². The first kappa shape index (κ1) is 97.0. The second-order valence-electron chi connectivity index (χ2n) is 31.3. The smallest absolute Gasteiger partial charge is 0.460 e. The molecule has 3 fully saturated rings. The number of aromatic nitrogens is 6. The lowest BCUT2D eigenvalue weighted by Crippen LogP contribution is -2.44. The zero-order chi connectivity index (χ0) is 87.8. The van der Waals surface area contributed by atoms with Crippen molar-refractivity contribution in [3.05, 3.63) is 139 Å². The number of para-hydroxylation sites is 2. The monoisotopic (exact) mass is 1740 g/mol. The summed E-state index contributed by atoms with van der Waals surface area (Å²) in [5.74, 6) is -15.1. The van der Waals surface area contributed by atoms with E-state index in [-0.39, 0.29) is 74.0 Å². The third-order valence-corrected chi connectivity index (χ3v) is 21.7. The van der Waals surface area contributed by atoms with Gasteiger partial charge in [0.15, 0.2) is 18.3 Å². The maximum Gasteiger partial charge on any atom is 0.530 e. The van der Waals surface area contributed by atoms with Crippen LogP contribution >= 0.6 is 15.6 Å². The van der Waals surface area contributed by atoms with Gasteiger partial charge in [-0.05, 0) is 91.1 Å². The molecule has 0 saturated carbocycles. The summed E-state index contributed by atoms with van der Waals surface area (Å²) >= 11 is 0. The summed E-state index contributed by atoms with van der Waals surface area (Å²) in [5.41, 5.74) is 1.98. The van der Waals surface area contributed by atoms with Crippen LogP contribution in [0, 0.1) is 0 Å². The van der Waals surface area contributed by atoms with Crippen molar-refractivity contribution in [3.63, 3.8) is 0 Å². The number of nitrogens with zero attached hydrogens (tertiary/aromatic N) is 6. The molecule has 0 bridgehead atoms. The number of hydrogen-bond donors (Lipinski definition) is 2. The molecule has 0 amide bonds. The van der Waals surface area contributed by atoms with E-state index in [4.69, 9.17) is 70.8 Å². The predicted octanol–water partition coefficient (Wildman–Crippen LogP) is 14.1. The number of carbonyl (C=O) groups excluding carboxylic acids is 5. The fourth-order valence-corrected chi connectivity index (χ4v) is 15.5. The minimum atomic E-state index is -4.26. The van der Waals surface area contributed by atoms with E-state index in [9.17, 15) is 52.6 Å². The van der Waals surface area contributed by atoms with Gasteiger partial charge in [0.2, 0.25) is 18.7 Å². The Balaban J connectivity index is 0.000000226. The Hall–Kier alpha value is -8.45. The molecule has 3 N–H and O–H groups in total. The number of nitrogen functional groups attached to an aromatic ring is 1. The molecule has 0 aliphatic carbocycles. The van der Waals surface area contributed by atoms with Crippen LogP contribution in [0.3, 0.4) is 0 Å². The van der Waals surface area contributed by atoms with Gasteiger partial charge in [-0.3, -0.25) is 55.8 Å². The highest BCUT2D eigenvalue weighted by Gasteiger charge is 2.65. The molecule has 40 heteroatoms. The van der Waals surface area contributed by atoms with Gasteiger partial charge in [0.1, 0.15) is 46.8 Å². The minimum Gasteiger partial charge on any atom is -0.460 e. The highest BCUT2D eigenvalue weighted by molar-refractivity contribution is 7.49. The molecule has 0 radical (unpaired) electrons. The number of ether oxygens (including phenoxy) is 8. The van der Waals surface area contributed by atoms with E-state index in [1.807, 2.05) is 0 Å². The topological polar surface area (TPSA) is 400 Å². The summed E-state index contributed by atoms with van der Waals surface area (Å²) in [6.07, 6.45) is 0.448. The number of halogens is 6. The van der Waals surface area contributed by atoms with E-state index < -0.39 is 167 Å². The van der Waals surface area contributed by atoms with Crippen molar-refractivity contribution in [2.75, 3.05) is 25.6 Å². The first-order valence-corrected chi connectivity index (χ1v) is 43.2. The fraction of sp³-hybridized carbons (Fsp3) is 0.637. The van der Waals surface area contributed by atoms with Crippen molar-refractivity contribution in [2.45, 2.75) is 307 Å². The van der Waals surface area contributed by atoms with E-state index in [1.54, 1.807) is 90.1 Å². The molecule has 3 saturated heterocycles. The van der Waals surface area contributed by atoms with E-state index in [0.717, 1.165) is 121 Å². The Morgan fingerprint density at radius 2 is 0.783 bits per heavy atom. The van der Waals surface area contributed by atoms with Crippen LogP contribution < -0.4 is 31.9 Å². The summed E-state index contributed by atoms with van der Waals surface area (Å²) in [6.45, 7) is 13.8. The lowest BCUT2D eigenvalue weighted by atomic mass is 10.1. The SMILES string of the molecule is CCCCCCCCC(=O)O[C@@H]1[C@@H](CO)O[C@@H](n2ccc(CC(=O)OC(C)(C)C)nc2=O)C1(F)F.CCCCCCCCC(=O)O[C@@H]1[C@@H](COP2(=O)OCc3ccccc3O2)O[C@@H](n2ccc(CC(=O)OC(C)(C)C)nc2=O)C1(F)F.CCCCCCCCC(=O)O[C@@H]1[C@@H](COP2(=O)OCc3ccccc3O2)O[C@@H](n2ccc(N)nc2=O)C1(F)F. The Kier molecular flexibility index (Phi) is 35.6. The van der Waals surface area contributed by atoms with Gasteiger partial charge < -0.3 is 57.8 Å². The molecule has 666 valence electrons. The van der Waals surface area contributed by atoms with Gasteiger partial charge in [-0.15, -0.1) is 0 Å². The number of rotatable bonds is 38. The second-order valence-corrected chi connectivity index (χ2v) is 34.5. The lowest BCUT2D eigenvalue weighted by molar-refractivity contribution is -0.177. The maximum atomic E-state index is 16.0. The lowest BCUT2D eigenvalue weighted by Gasteiger charge is -2.27. The summed E-state index contributed by atoms with van der Waals surface area (Å²) in [4.78, 5) is 110. The number of hydrogen-bond acceptors (Lipinski definition) is 29. The summed E-state index contributed by atoms with van der Waals surface area (Å²) < 4.78 is 196. The second kappa shape index (κ2) is 44.0. The Morgan fingerprint density at radius 1 is 0.467 bits per heavy atom. The molecule has 120 heavy (non-hydrogen) atoms. The number of anilines is 1. The standard InChI is InChI=1S/C31H41F2N2O10P.C25H32F2N3O8P.C24H36F2N2O7/c1-5-6-7-8-9-10-15-25(36)43-27-24(20-41-46(39)40-19-21-13-11-12-14-23(21)45-46)42-28(31(27,32)33)35-17-16-22(34-29(35)38)18-26(37)44-30(2,3)4;1-2-3-4-5-6-7-12-21(31)37-22-19(16-35-39(33)34-15-17-10-8-9-11-18(17)38-39)36-23(25(22,26)27)30-14-13-20(28)29-24(30)32;1-5-6-7-8-9-10-11-18(30)34-20-17(15-29)33-21(24(20,25)26)28-13-12-16(27-22(28)32)14-19(31)35-23(2,3)4/h11-14,16-17,24,27-28H,5-10,15,18-20H2,1-4H3;8-11,13-14,19,22-23H,2-7,12,15-16H2,1H3,(H2,28,29,32);12-13,17,20-21,29H,5-11,14-15H2,1-4H3/t24-,27-,28-,46?;19-,22-,23-,39?;17-,20-,21-/m111/s1. The molecule has 11 atom stereocenters. The van der Waals surface area contributed by atoms with Crippen LogP contribution in [-0.2, 0) is 115 Å². The number of unbranched alkanes of at least 4 members (excludes halogenated alkanes) is 15. The molecule has 10 rings (SSSR count). The van der Waals surface area contributed by atoms with Crippen molar-refractivity contribution in [3.8, 4) is 11.5 Å². The molecule has 5 aromatic rings. The Morgan fingerprint density at radius 3 is 1.12 bits per heavy atom. The molecule has 5 aliphatic heterocycles. The maximum absolute atomic E-state index is 16.0. The Bertz CT molecular complexity index is 4530. The van der Waals surface area contributed by atoms with Crippen LogP contribution in [0.4, 0.5) is 32.2 Å². The normalized spacial score (nSPS) is 23.7. The Labute approximate surface area is 690 Å². The van der Waals surface area contributed by atoms with Crippen molar-refractivity contribution in [1.29, 1.82) is 0 Å². The van der Waals surface area contributed by atoms with Crippen molar-refractivity contribution in [2.24, 2.45) is 0 Å². The zero-order valence-electron chi connectivity index (χ0n) is 68.7. The molecule has 0 spiro atoms. The molecule has 5 aliphatic rings. The van der Waals surface area contributed by atoms with Gasteiger partial charge in [-0.1, -0.05) is 153 Å². The number of aliphatic hydroxyl groups is 1. The molecule has 2 aromatic carbocycles. The first-order valence-electron chi connectivity index (χ1n) is 40.3. The van der Waals surface area contributed by atoms with Gasteiger partial charge in [0.25, 0.3) is 0 Å². The highest BCUT2D eigenvalue weighted by Crippen LogP contribution is 2.57. The quantitative estimate of drug-likeness (QED) is 0.0122. The number of phosphoric ester groups is 2. The number of aliphatic hydroxyl groups excluding tert-OH is 1. The average Bonchev–Trinajstić information content (AvgIpc) is 1.60. The molecule has 3 aromatic heterocycles. The molecular formula is C80H109F6N7O25P2. The van der Waals surface area contributed by atoms with Gasteiger partial charge >= 0.3 is 80.3 Å². The van der Waals surface area contributed by atoms with Crippen LogP contribution in [0.5, 0.6) is 11.5 Å². The third kappa shape index (κ3) is 28.0. The average molecular weight is 1740 g/mol. The van der Waals surface area contributed by atoms with Crippen molar-refractivity contribution >= 4 is 51.3 Å². The summed E-state index contributed by atoms with van der Waals surface area (Å²) in [7, 11) is -8.46.